The van der Waals surface area contributed by atoms with Crippen LogP contribution in [0.4, 0.5) is 8.78 Å². The van der Waals surface area contributed by atoms with Crippen LogP contribution >= 0.6 is 0 Å². The second kappa shape index (κ2) is 10.3. The Kier molecular flexibility index (Phi) is 5.73. The molecular formula is C48H27F2N. The number of hydrogen-bond acceptors (Lipinski definition) is 1. The van der Waals surface area contributed by atoms with Gasteiger partial charge in [-0.25, -0.2) is 8.78 Å². The molecule has 2 aliphatic carbocycles. The summed E-state index contributed by atoms with van der Waals surface area (Å²) in [6.45, 7) is 1.94. The van der Waals surface area contributed by atoms with E-state index in [0.717, 1.165) is 50.3 Å². The summed E-state index contributed by atoms with van der Waals surface area (Å²) in [7, 11) is 0. The molecule has 0 spiro atoms. The van der Waals surface area contributed by atoms with Crippen LogP contribution in [0.2, 0.25) is 0 Å². The highest BCUT2D eigenvalue weighted by Gasteiger charge is 2.32. The molecule has 9 aromatic rings. The zero-order chi connectivity index (χ0) is 34.0. The van der Waals surface area contributed by atoms with E-state index in [9.17, 15) is 4.39 Å². The molecule has 0 aliphatic heterocycles. The van der Waals surface area contributed by atoms with Gasteiger partial charge in [-0.1, -0.05) is 127 Å². The van der Waals surface area contributed by atoms with E-state index in [1.165, 1.54) is 66.7 Å². The molecule has 0 fully saturated rings. The molecule has 11 rings (SSSR count). The summed E-state index contributed by atoms with van der Waals surface area (Å²) in [6.07, 6.45) is 0. The van der Waals surface area contributed by atoms with Crippen LogP contribution in [-0.4, -0.2) is 4.98 Å². The number of rotatable bonds is 3. The maximum atomic E-state index is 15.4. The summed E-state index contributed by atoms with van der Waals surface area (Å²) >= 11 is 0. The fraction of sp³-hybridized carbons (Fsp3) is 0.0208. The van der Waals surface area contributed by atoms with Crippen LogP contribution in [0.1, 0.15) is 5.69 Å². The summed E-state index contributed by atoms with van der Waals surface area (Å²) in [6, 6.07) is 49.8. The summed E-state index contributed by atoms with van der Waals surface area (Å²) < 4.78 is 29.9. The Morgan fingerprint density at radius 2 is 0.961 bits per heavy atom. The first kappa shape index (κ1) is 28.4. The molecule has 1 heterocycles. The van der Waals surface area contributed by atoms with Gasteiger partial charge in [0.15, 0.2) is 0 Å². The summed E-state index contributed by atoms with van der Waals surface area (Å²) in [5, 5.41) is 5.67. The first-order valence-corrected chi connectivity index (χ1v) is 17.3. The lowest BCUT2D eigenvalue weighted by Gasteiger charge is -2.20. The predicted octanol–water partition coefficient (Wildman–Crippen LogP) is 13.4. The third-order valence-electron chi connectivity index (χ3n) is 10.9. The molecule has 0 saturated carbocycles. The predicted molar refractivity (Wildman–Crippen MR) is 207 cm³/mol. The average molecular weight is 656 g/mol. The number of fused-ring (bicyclic) bond motifs is 7. The first-order valence-electron chi connectivity index (χ1n) is 17.3. The van der Waals surface area contributed by atoms with Crippen molar-refractivity contribution in [2.45, 2.75) is 6.92 Å². The maximum absolute atomic E-state index is 15.4. The summed E-state index contributed by atoms with van der Waals surface area (Å²) in [4.78, 5) is 5.08. The molecule has 238 valence electrons. The van der Waals surface area contributed by atoms with Crippen LogP contribution in [0.5, 0.6) is 0 Å². The number of halogens is 2. The number of benzene rings is 8. The highest BCUT2D eigenvalue weighted by molar-refractivity contribution is 6.29. The van der Waals surface area contributed by atoms with Crippen LogP contribution in [0.25, 0.3) is 110 Å². The second-order valence-corrected chi connectivity index (χ2v) is 13.7. The Bertz CT molecular complexity index is 2890. The lowest BCUT2D eigenvalue weighted by Crippen LogP contribution is -1.93. The third kappa shape index (κ3) is 3.81. The van der Waals surface area contributed by atoms with E-state index in [2.05, 4.69) is 121 Å². The molecule has 3 heteroatoms. The van der Waals surface area contributed by atoms with Gasteiger partial charge in [-0.2, -0.15) is 0 Å². The van der Waals surface area contributed by atoms with Gasteiger partial charge >= 0.3 is 0 Å². The van der Waals surface area contributed by atoms with E-state index in [1.54, 1.807) is 0 Å². The van der Waals surface area contributed by atoms with Crippen molar-refractivity contribution in [1.29, 1.82) is 0 Å². The van der Waals surface area contributed by atoms with Crippen molar-refractivity contribution < 1.29 is 8.78 Å². The zero-order valence-electron chi connectivity index (χ0n) is 27.6. The fourth-order valence-electron chi connectivity index (χ4n) is 9.01. The minimum absolute atomic E-state index is 0.448. The molecule has 1 aromatic heterocycles. The van der Waals surface area contributed by atoms with Crippen LogP contribution in [-0.2, 0) is 0 Å². The fourth-order valence-corrected chi connectivity index (χ4v) is 9.01. The van der Waals surface area contributed by atoms with Gasteiger partial charge in [0, 0.05) is 28.3 Å². The molecule has 0 unspecified atom stereocenters. The smallest absolute Gasteiger partial charge is 0.134 e. The maximum Gasteiger partial charge on any atom is 0.134 e. The van der Waals surface area contributed by atoms with Gasteiger partial charge in [0.05, 0.1) is 5.52 Å². The lowest BCUT2D eigenvalue weighted by atomic mass is 9.82. The monoisotopic (exact) mass is 655 g/mol. The summed E-state index contributed by atoms with van der Waals surface area (Å²) in [5.41, 5.74) is 16.0. The molecule has 51 heavy (non-hydrogen) atoms. The van der Waals surface area contributed by atoms with Gasteiger partial charge in [0.2, 0.25) is 0 Å². The Labute approximate surface area is 293 Å². The van der Waals surface area contributed by atoms with Gasteiger partial charge in [0.25, 0.3) is 0 Å². The zero-order valence-corrected chi connectivity index (χ0v) is 27.6. The molecule has 0 bridgehead atoms. The van der Waals surface area contributed by atoms with E-state index in [1.807, 2.05) is 19.1 Å². The molecule has 2 aliphatic rings. The third-order valence-corrected chi connectivity index (χ3v) is 10.9. The van der Waals surface area contributed by atoms with Crippen LogP contribution in [0, 0.1) is 18.6 Å². The highest BCUT2D eigenvalue weighted by Crippen LogP contribution is 2.59. The molecule has 0 atom stereocenters. The lowest BCUT2D eigenvalue weighted by molar-refractivity contribution is 0.587. The molecule has 1 nitrogen and oxygen atoms in total. The SMILES string of the molecule is Cc1cc2c3c(ccc(-c4ccc5c6c(cccc46)-c4c-5c(-c5ccccc5)c5ccccc5c4-c4ccccc4)c3n1)-c1cc(F)cc(F)c1-2. The number of aromatic nitrogens is 1. The summed E-state index contributed by atoms with van der Waals surface area (Å²) in [5.74, 6) is -1.13. The average Bonchev–Trinajstić information content (AvgIpc) is 3.65. The number of pyridine rings is 1. The van der Waals surface area contributed by atoms with E-state index in [-0.39, 0.29) is 0 Å². The van der Waals surface area contributed by atoms with Gasteiger partial charge in [-0.3, -0.25) is 4.98 Å². The van der Waals surface area contributed by atoms with Gasteiger partial charge in [-0.05, 0) is 107 Å². The minimum Gasteiger partial charge on any atom is -0.252 e. The number of hydrogen-bond donors (Lipinski definition) is 0. The second-order valence-electron chi connectivity index (χ2n) is 13.7. The Hall–Kier alpha value is -6.45. The Morgan fingerprint density at radius 1 is 0.392 bits per heavy atom. The molecule has 0 saturated heterocycles. The van der Waals surface area contributed by atoms with Crippen molar-refractivity contribution in [3.05, 3.63) is 163 Å². The van der Waals surface area contributed by atoms with Gasteiger partial charge in [0.1, 0.15) is 11.6 Å². The number of nitrogens with zero attached hydrogens (tertiary/aromatic N) is 1. The van der Waals surface area contributed by atoms with Crippen molar-refractivity contribution in [3.63, 3.8) is 0 Å². The van der Waals surface area contributed by atoms with E-state index >= 15 is 4.39 Å². The van der Waals surface area contributed by atoms with Gasteiger partial charge < -0.3 is 0 Å². The van der Waals surface area contributed by atoms with Crippen molar-refractivity contribution in [1.82, 2.24) is 4.98 Å². The van der Waals surface area contributed by atoms with E-state index < -0.39 is 11.6 Å². The Balaban J connectivity index is 1.25. The molecule has 0 N–H and O–H groups in total. The first-order chi connectivity index (χ1) is 25.1. The largest absolute Gasteiger partial charge is 0.252 e. The van der Waals surface area contributed by atoms with Crippen molar-refractivity contribution >= 4 is 32.4 Å². The van der Waals surface area contributed by atoms with E-state index in [4.69, 9.17) is 4.98 Å². The van der Waals surface area contributed by atoms with Crippen LogP contribution in [0.3, 0.4) is 0 Å². The molecular weight excluding hydrogens is 629 g/mol. The van der Waals surface area contributed by atoms with Crippen LogP contribution < -0.4 is 0 Å². The van der Waals surface area contributed by atoms with Crippen molar-refractivity contribution in [2.24, 2.45) is 0 Å². The highest BCUT2D eigenvalue weighted by atomic mass is 19.1. The minimum atomic E-state index is -0.578. The topological polar surface area (TPSA) is 12.9 Å². The van der Waals surface area contributed by atoms with Crippen molar-refractivity contribution in [2.75, 3.05) is 0 Å². The van der Waals surface area contributed by atoms with Crippen LogP contribution in [0.15, 0.2) is 146 Å². The normalized spacial score (nSPS) is 12.2. The van der Waals surface area contributed by atoms with E-state index in [0.29, 0.717) is 11.1 Å². The quantitative estimate of drug-likeness (QED) is 0.185. The molecule has 8 aromatic carbocycles. The molecule has 0 radical (unpaired) electrons. The number of aryl methyl sites for hydroxylation is 1. The Morgan fingerprint density at radius 3 is 1.65 bits per heavy atom. The van der Waals surface area contributed by atoms with Crippen molar-refractivity contribution in [3.8, 4) is 77.9 Å². The molecule has 0 amide bonds. The standard InChI is InChI=1S/C48H27F2N/c1-26-23-39-44-38(24-29(49)25-40(44)50)34-20-21-35(48(51-26)45(34)39)30-19-22-37-43-31(30)17-10-18-36(43)46-41(27-11-4-2-5-12-27)32-15-8-9-16-33(32)42(47(37)46)28-13-6-3-7-14-28/h2-25H,1H3. The van der Waals surface area contributed by atoms with Gasteiger partial charge in [-0.15, -0.1) is 0 Å².